The number of alkyl halides is 3. The Morgan fingerprint density at radius 3 is 2.36 bits per heavy atom. The van der Waals surface area contributed by atoms with Crippen LogP contribution in [0.15, 0.2) is 53.7 Å². The van der Waals surface area contributed by atoms with Crippen molar-refractivity contribution in [2.45, 2.75) is 93.4 Å². The van der Waals surface area contributed by atoms with Gasteiger partial charge in [-0.1, -0.05) is 12.6 Å². The molecule has 4 unspecified atom stereocenters. The molecule has 1 aliphatic carbocycles. The van der Waals surface area contributed by atoms with E-state index < -0.39 is 23.2 Å². The molecule has 12 heteroatoms. The summed E-state index contributed by atoms with van der Waals surface area (Å²) < 4.78 is 39.2. The highest BCUT2D eigenvalue weighted by Crippen LogP contribution is 2.40. The van der Waals surface area contributed by atoms with E-state index in [1.54, 1.807) is 7.05 Å². The fourth-order valence-corrected chi connectivity index (χ4v) is 8.71. The number of allylic oxidation sites excluding steroid dienone is 1. The lowest BCUT2D eigenvalue weighted by molar-refractivity contribution is -0.137. The van der Waals surface area contributed by atoms with Crippen molar-refractivity contribution < 1.29 is 27.9 Å². The molecule has 0 spiro atoms. The first-order valence-electron chi connectivity index (χ1n) is 16.9. The van der Waals surface area contributed by atoms with Gasteiger partial charge < -0.3 is 20.2 Å². The van der Waals surface area contributed by atoms with E-state index in [9.17, 15) is 27.9 Å². The molecule has 2 bridgehead atoms. The number of aliphatic hydroxyl groups is 1. The number of carbonyl (C=O) groups is 2. The van der Waals surface area contributed by atoms with Crippen LogP contribution in [0.1, 0.15) is 67.3 Å². The Hall–Kier alpha value is -3.22. The van der Waals surface area contributed by atoms with Gasteiger partial charge in [-0.25, -0.2) is 0 Å². The Bertz CT molecular complexity index is 1410. The van der Waals surface area contributed by atoms with Crippen LogP contribution in [0.4, 0.5) is 13.2 Å². The summed E-state index contributed by atoms with van der Waals surface area (Å²) >= 11 is 0. The van der Waals surface area contributed by atoms with Gasteiger partial charge in [-0.05, 0) is 88.8 Å². The molecule has 5 aliphatic rings. The molecular weight excluding hydrogens is 609 g/mol. The SMILES string of the molecule is C=C(/C=C\C(=N/C)C1(O)CCC(N2CCC3C2CCN3C(=O)CNC(=O)c2cccc(C(F)(F)F)c2)CC1)N1CC2CCC(C1)N2C. The Balaban J connectivity index is 0.988. The van der Waals surface area contributed by atoms with Gasteiger partial charge in [-0.3, -0.25) is 24.4 Å². The highest BCUT2D eigenvalue weighted by Gasteiger charge is 2.48. The maximum Gasteiger partial charge on any atom is 0.416 e. The van der Waals surface area contributed by atoms with Crippen molar-refractivity contribution in [3.63, 3.8) is 0 Å². The fourth-order valence-electron chi connectivity index (χ4n) is 8.71. The van der Waals surface area contributed by atoms with E-state index in [1.165, 1.54) is 25.0 Å². The standard InChI is InChI=1S/C35H47F3N6O3/c1-23(42-21-27-8-9-28(22-42)41(27)3)7-10-31(39-2)34(47)15-11-26(12-16-34)43-17-13-30-29(43)14-18-44(30)32(45)20-40-33(46)24-5-4-6-25(19-24)35(36,37)38/h4-7,10,19,26-30,47H,1,8-9,11-18,20-22H2,2-3H3,(H,40,46)/b10-7-,39-31+. The van der Waals surface area contributed by atoms with Crippen LogP contribution in [0.2, 0.25) is 0 Å². The lowest BCUT2D eigenvalue weighted by atomic mass is 9.78. The zero-order valence-electron chi connectivity index (χ0n) is 27.4. The number of fused-ring (bicyclic) bond motifs is 3. The first-order valence-corrected chi connectivity index (χ1v) is 16.9. The minimum atomic E-state index is -4.55. The normalized spacial score (nSPS) is 31.9. The summed E-state index contributed by atoms with van der Waals surface area (Å²) in [6.07, 6.45) is 6.41. The second-order valence-electron chi connectivity index (χ2n) is 13.9. The van der Waals surface area contributed by atoms with Crippen molar-refractivity contribution in [3.05, 3.63) is 59.8 Å². The summed E-state index contributed by atoms with van der Waals surface area (Å²) in [7, 11) is 3.95. The molecule has 4 saturated heterocycles. The van der Waals surface area contributed by atoms with Gasteiger partial charge in [0.05, 0.1) is 17.8 Å². The Morgan fingerprint density at radius 2 is 1.70 bits per heavy atom. The summed E-state index contributed by atoms with van der Waals surface area (Å²) in [6.45, 7) is 7.47. The van der Waals surface area contributed by atoms with Gasteiger partial charge in [-0.15, -0.1) is 0 Å². The fraction of sp³-hybridized carbons (Fsp3) is 0.629. The molecule has 2 amide bonds. The van der Waals surface area contributed by atoms with Gasteiger partial charge in [0.15, 0.2) is 0 Å². The molecule has 2 N–H and O–H groups in total. The Labute approximate surface area is 275 Å². The third-order valence-electron chi connectivity index (χ3n) is 11.4. The third-order valence-corrected chi connectivity index (χ3v) is 11.4. The number of nitrogens with zero attached hydrogens (tertiary/aromatic N) is 5. The van der Waals surface area contributed by atoms with Crippen molar-refractivity contribution in [1.29, 1.82) is 0 Å². The summed E-state index contributed by atoms with van der Waals surface area (Å²) in [5.74, 6) is -0.928. The van der Waals surface area contributed by atoms with E-state index in [2.05, 4.69) is 38.6 Å². The monoisotopic (exact) mass is 656 g/mol. The van der Waals surface area contributed by atoms with E-state index in [0.29, 0.717) is 43.2 Å². The molecule has 256 valence electrons. The zero-order chi connectivity index (χ0) is 33.5. The number of benzene rings is 1. The number of carbonyl (C=O) groups excluding carboxylic acids is 2. The average molecular weight is 657 g/mol. The molecule has 1 saturated carbocycles. The van der Waals surface area contributed by atoms with Gasteiger partial charge in [0.2, 0.25) is 5.91 Å². The molecule has 1 aromatic carbocycles. The van der Waals surface area contributed by atoms with E-state index >= 15 is 0 Å². The van der Waals surface area contributed by atoms with Crippen LogP contribution in [-0.2, 0) is 11.0 Å². The summed E-state index contributed by atoms with van der Waals surface area (Å²) in [5.41, 5.74) is -0.364. The highest BCUT2D eigenvalue weighted by molar-refractivity contribution is 6.02. The third kappa shape index (κ3) is 6.87. The number of aliphatic imine (C=N–C) groups is 1. The maximum atomic E-state index is 13.1. The molecule has 4 atom stereocenters. The number of nitrogens with one attached hydrogen (secondary N) is 1. The Kier molecular flexibility index (Phi) is 9.57. The van der Waals surface area contributed by atoms with Crippen LogP contribution in [0.5, 0.6) is 0 Å². The average Bonchev–Trinajstić information content (AvgIpc) is 3.70. The first kappa shape index (κ1) is 33.7. The minimum absolute atomic E-state index is 0.0419. The Morgan fingerprint density at radius 1 is 1.02 bits per heavy atom. The van der Waals surface area contributed by atoms with E-state index in [-0.39, 0.29) is 30.1 Å². The van der Waals surface area contributed by atoms with E-state index in [4.69, 9.17) is 0 Å². The number of likely N-dealkylation sites (tertiary alicyclic amines) is 3. The molecule has 9 nitrogen and oxygen atoms in total. The molecule has 0 radical (unpaired) electrons. The lowest BCUT2D eigenvalue weighted by Crippen LogP contribution is -2.51. The number of likely N-dealkylation sites (N-methyl/N-ethyl adjacent to an activating group) is 1. The second kappa shape index (κ2) is 13.4. The van der Waals surface area contributed by atoms with E-state index in [1.807, 2.05) is 17.1 Å². The minimum Gasteiger partial charge on any atom is -0.384 e. The molecule has 4 heterocycles. The summed E-state index contributed by atoms with van der Waals surface area (Å²) in [5, 5.41) is 14.2. The summed E-state index contributed by atoms with van der Waals surface area (Å²) in [6, 6.07) is 5.92. The second-order valence-corrected chi connectivity index (χ2v) is 13.9. The van der Waals surface area contributed by atoms with Crippen molar-refractivity contribution in [2.75, 3.05) is 46.8 Å². The molecular formula is C35H47F3N6O3. The predicted octanol–water partition coefficient (Wildman–Crippen LogP) is 3.70. The number of piperazine rings is 1. The molecule has 4 aliphatic heterocycles. The number of halogens is 3. The predicted molar refractivity (Wildman–Crippen MR) is 174 cm³/mol. The van der Waals surface area contributed by atoms with Crippen LogP contribution < -0.4 is 5.32 Å². The molecule has 6 rings (SSSR count). The number of hydrogen-bond acceptors (Lipinski definition) is 7. The smallest absolute Gasteiger partial charge is 0.384 e. The van der Waals surface area contributed by atoms with Crippen LogP contribution in [-0.4, -0.2) is 125 Å². The molecule has 47 heavy (non-hydrogen) atoms. The maximum absolute atomic E-state index is 13.1. The largest absolute Gasteiger partial charge is 0.416 e. The van der Waals surface area contributed by atoms with Gasteiger partial charge in [-0.2, -0.15) is 13.2 Å². The zero-order valence-corrected chi connectivity index (χ0v) is 27.4. The number of rotatable bonds is 8. The molecule has 1 aromatic rings. The van der Waals surface area contributed by atoms with Gasteiger partial charge in [0.25, 0.3) is 5.91 Å². The van der Waals surface area contributed by atoms with Gasteiger partial charge >= 0.3 is 6.18 Å². The summed E-state index contributed by atoms with van der Waals surface area (Å²) in [4.78, 5) is 39.3. The number of hydrogen-bond donors (Lipinski definition) is 2. The van der Waals surface area contributed by atoms with Crippen LogP contribution in [0.25, 0.3) is 0 Å². The number of amides is 2. The molecule has 5 fully saturated rings. The highest BCUT2D eigenvalue weighted by atomic mass is 19.4. The van der Waals surface area contributed by atoms with Gasteiger partial charge in [0, 0.05) is 74.7 Å². The molecule has 0 aromatic heterocycles. The first-order chi connectivity index (χ1) is 22.4. The van der Waals surface area contributed by atoms with Gasteiger partial charge in [0.1, 0.15) is 5.60 Å². The van der Waals surface area contributed by atoms with Crippen molar-refractivity contribution in [1.82, 2.24) is 24.9 Å². The van der Waals surface area contributed by atoms with Crippen LogP contribution in [0, 0.1) is 0 Å². The van der Waals surface area contributed by atoms with Crippen molar-refractivity contribution in [3.8, 4) is 0 Å². The van der Waals surface area contributed by atoms with Crippen molar-refractivity contribution >= 4 is 17.5 Å². The lowest BCUT2D eigenvalue weighted by Gasteiger charge is -2.42. The van der Waals surface area contributed by atoms with Crippen molar-refractivity contribution in [2.24, 2.45) is 4.99 Å². The van der Waals surface area contributed by atoms with Crippen LogP contribution in [0.3, 0.4) is 0 Å². The topological polar surface area (TPSA) is 91.7 Å². The van der Waals surface area contributed by atoms with E-state index in [0.717, 1.165) is 63.1 Å². The van der Waals surface area contributed by atoms with Crippen LogP contribution >= 0.6 is 0 Å². The quantitative estimate of drug-likeness (QED) is 0.328.